The van der Waals surface area contributed by atoms with E-state index >= 15 is 0 Å². The van der Waals surface area contributed by atoms with Gasteiger partial charge in [-0.05, 0) is 6.92 Å². The van der Waals surface area contributed by atoms with Crippen molar-refractivity contribution in [1.82, 2.24) is 15.5 Å². The lowest BCUT2D eigenvalue weighted by molar-refractivity contribution is -0.127. The number of amides is 2. The number of nitrogens with one attached hydrogen (secondary N) is 2. The number of hydrogen-bond donors (Lipinski definition) is 2. The molecular weight excluding hydrogens is 170 g/mol. The van der Waals surface area contributed by atoms with Gasteiger partial charge < -0.3 is 10.2 Å². The first kappa shape index (κ1) is 11.9. The minimum Gasteiger partial charge on any atom is -0.355 e. The molecule has 0 heterocycles. The van der Waals surface area contributed by atoms with Crippen LogP contribution >= 0.6 is 0 Å². The zero-order valence-electron chi connectivity index (χ0n) is 8.39. The van der Waals surface area contributed by atoms with Gasteiger partial charge in [0.1, 0.15) is 0 Å². The molecule has 0 rings (SSSR count). The molecule has 2 N–H and O–H groups in total. The lowest BCUT2D eigenvalue weighted by Crippen LogP contribution is -2.39. The first-order chi connectivity index (χ1) is 6.07. The summed E-state index contributed by atoms with van der Waals surface area (Å²) in [4.78, 5) is 23.4. The average molecular weight is 187 g/mol. The van der Waals surface area contributed by atoms with Crippen LogP contribution in [0.1, 0.15) is 6.92 Å². The van der Waals surface area contributed by atoms with Crippen LogP contribution in [0.2, 0.25) is 0 Å². The summed E-state index contributed by atoms with van der Waals surface area (Å²) in [5.41, 5.74) is 0. The van der Waals surface area contributed by atoms with Crippen LogP contribution in [-0.2, 0) is 9.59 Å². The maximum atomic E-state index is 11.0. The normalized spacial score (nSPS) is 9.46. The molecule has 0 aromatic rings. The highest BCUT2D eigenvalue weighted by molar-refractivity contribution is 5.80. The molecule has 0 aliphatic carbocycles. The number of carbonyl (C=O) groups is 2. The van der Waals surface area contributed by atoms with Crippen LogP contribution in [0.4, 0.5) is 0 Å². The van der Waals surface area contributed by atoms with Crippen molar-refractivity contribution >= 4 is 11.8 Å². The van der Waals surface area contributed by atoms with Gasteiger partial charge in [-0.2, -0.15) is 0 Å². The second-order valence-electron chi connectivity index (χ2n) is 2.85. The van der Waals surface area contributed by atoms with Gasteiger partial charge in [-0.25, -0.2) is 0 Å². The summed E-state index contributed by atoms with van der Waals surface area (Å²) in [5, 5.41) is 5.37. The van der Waals surface area contributed by atoms with Crippen molar-refractivity contribution in [3.63, 3.8) is 0 Å². The summed E-state index contributed by atoms with van der Waals surface area (Å²) >= 11 is 0. The molecular formula is C8H17N3O2. The van der Waals surface area contributed by atoms with Crippen molar-refractivity contribution in [2.24, 2.45) is 0 Å². The molecule has 0 aromatic heterocycles. The number of rotatable bonds is 5. The fraction of sp³-hybridized carbons (Fsp3) is 0.750. The Kier molecular flexibility index (Phi) is 5.88. The molecule has 5 heteroatoms. The molecule has 0 aliphatic rings. The van der Waals surface area contributed by atoms with E-state index < -0.39 is 0 Å². The fourth-order valence-electron chi connectivity index (χ4n) is 0.701. The number of nitrogens with zero attached hydrogens (tertiary/aromatic N) is 1. The van der Waals surface area contributed by atoms with Crippen molar-refractivity contribution in [2.75, 3.05) is 33.7 Å². The van der Waals surface area contributed by atoms with Crippen LogP contribution in [0, 0.1) is 0 Å². The monoisotopic (exact) mass is 187 g/mol. The van der Waals surface area contributed by atoms with E-state index in [2.05, 4.69) is 10.6 Å². The Morgan fingerprint density at radius 2 is 1.85 bits per heavy atom. The van der Waals surface area contributed by atoms with Gasteiger partial charge in [-0.3, -0.25) is 14.9 Å². The average Bonchev–Trinajstić information content (AvgIpc) is 2.04. The summed E-state index contributed by atoms with van der Waals surface area (Å²) in [6.07, 6.45) is 0. The van der Waals surface area contributed by atoms with Gasteiger partial charge in [-0.1, -0.05) is 0 Å². The van der Waals surface area contributed by atoms with Gasteiger partial charge in [0, 0.05) is 20.6 Å². The molecule has 5 nitrogen and oxygen atoms in total. The predicted octanol–water partition coefficient (Wildman–Crippen LogP) is -1.20. The minimum absolute atomic E-state index is 0.0377. The molecule has 0 saturated carbocycles. The molecule has 0 aromatic carbocycles. The van der Waals surface area contributed by atoms with Crippen molar-refractivity contribution in [1.29, 1.82) is 0 Å². The summed E-state index contributed by atoms with van der Waals surface area (Å²) in [7, 11) is 3.35. The van der Waals surface area contributed by atoms with E-state index in [1.165, 1.54) is 4.90 Å². The molecule has 76 valence electrons. The molecule has 0 spiro atoms. The topological polar surface area (TPSA) is 61.4 Å². The molecule has 0 atom stereocenters. The van der Waals surface area contributed by atoms with Gasteiger partial charge in [0.15, 0.2) is 0 Å². The second-order valence-corrected chi connectivity index (χ2v) is 2.85. The standard InChI is InChI=1S/C8H17N3O2/c1-4-10-7(12)5-9-6-8(13)11(2)3/h9H,4-6H2,1-3H3,(H,10,12). The Morgan fingerprint density at radius 1 is 1.23 bits per heavy atom. The van der Waals surface area contributed by atoms with E-state index in [1.807, 2.05) is 6.92 Å². The Bertz CT molecular complexity index is 180. The van der Waals surface area contributed by atoms with Gasteiger partial charge in [-0.15, -0.1) is 0 Å². The number of carbonyl (C=O) groups excluding carboxylic acids is 2. The maximum absolute atomic E-state index is 11.0. The van der Waals surface area contributed by atoms with Crippen molar-refractivity contribution in [3.05, 3.63) is 0 Å². The van der Waals surface area contributed by atoms with Crippen LogP contribution in [-0.4, -0.2) is 50.4 Å². The third-order valence-corrected chi connectivity index (χ3v) is 1.43. The minimum atomic E-state index is -0.0888. The Morgan fingerprint density at radius 3 is 2.31 bits per heavy atom. The first-order valence-electron chi connectivity index (χ1n) is 4.25. The highest BCUT2D eigenvalue weighted by Crippen LogP contribution is 1.75. The van der Waals surface area contributed by atoms with Crippen LogP contribution < -0.4 is 10.6 Å². The molecule has 0 unspecified atom stereocenters. The van der Waals surface area contributed by atoms with Crippen LogP contribution in [0.15, 0.2) is 0 Å². The highest BCUT2D eigenvalue weighted by atomic mass is 16.2. The second kappa shape index (κ2) is 6.42. The van der Waals surface area contributed by atoms with Gasteiger partial charge in [0.2, 0.25) is 11.8 Å². The summed E-state index contributed by atoms with van der Waals surface area (Å²) in [5.74, 6) is -0.127. The van der Waals surface area contributed by atoms with Crippen molar-refractivity contribution in [2.45, 2.75) is 6.92 Å². The SMILES string of the molecule is CCNC(=O)CNCC(=O)N(C)C. The largest absolute Gasteiger partial charge is 0.355 e. The van der Waals surface area contributed by atoms with E-state index in [0.717, 1.165) is 0 Å². The first-order valence-corrected chi connectivity index (χ1v) is 4.25. The Hall–Kier alpha value is -1.10. The van der Waals surface area contributed by atoms with Crippen molar-refractivity contribution < 1.29 is 9.59 Å². The molecule has 0 saturated heterocycles. The Labute approximate surface area is 78.5 Å². The molecule has 13 heavy (non-hydrogen) atoms. The molecule has 0 radical (unpaired) electrons. The number of hydrogen-bond acceptors (Lipinski definition) is 3. The lowest BCUT2D eigenvalue weighted by atomic mass is 10.5. The van der Waals surface area contributed by atoms with E-state index in [-0.39, 0.29) is 24.9 Å². The van der Waals surface area contributed by atoms with Crippen LogP contribution in [0.5, 0.6) is 0 Å². The smallest absolute Gasteiger partial charge is 0.236 e. The van der Waals surface area contributed by atoms with Gasteiger partial charge in [0.25, 0.3) is 0 Å². The summed E-state index contributed by atoms with van der Waals surface area (Å²) < 4.78 is 0. The van der Waals surface area contributed by atoms with E-state index in [4.69, 9.17) is 0 Å². The quantitative estimate of drug-likeness (QED) is 0.568. The number of likely N-dealkylation sites (N-methyl/N-ethyl adjacent to an activating group) is 2. The summed E-state index contributed by atoms with van der Waals surface area (Å²) in [6.45, 7) is 2.85. The predicted molar refractivity (Wildman–Crippen MR) is 50.2 cm³/mol. The molecule has 0 bridgehead atoms. The third kappa shape index (κ3) is 6.10. The van der Waals surface area contributed by atoms with E-state index in [9.17, 15) is 9.59 Å². The van der Waals surface area contributed by atoms with Gasteiger partial charge in [0.05, 0.1) is 13.1 Å². The van der Waals surface area contributed by atoms with E-state index in [1.54, 1.807) is 14.1 Å². The van der Waals surface area contributed by atoms with Gasteiger partial charge >= 0.3 is 0 Å². The van der Waals surface area contributed by atoms with E-state index in [0.29, 0.717) is 6.54 Å². The van der Waals surface area contributed by atoms with Crippen molar-refractivity contribution in [3.8, 4) is 0 Å². The highest BCUT2D eigenvalue weighted by Gasteiger charge is 2.04. The summed E-state index contributed by atoms with van der Waals surface area (Å²) in [6, 6.07) is 0. The molecule has 2 amide bonds. The van der Waals surface area contributed by atoms with Crippen LogP contribution in [0.3, 0.4) is 0 Å². The lowest BCUT2D eigenvalue weighted by Gasteiger charge is -2.10. The molecule has 0 aliphatic heterocycles. The molecule has 0 fully saturated rings. The zero-order chi connectivity index (χ0) is 10.3. The van der Waals surface area contributed by atoms with Crippen LogP contribution in [0.25, 0.3) is 0 Å². The fourth-order valence-corrected chi connectivity index (χ4v) is 0.701. The maximum Gasteiger partial charge on any atom is 0.236 e. The Balaban J connectivity index is 3.45. The zero-order valence-corrected chi connectivity index (χ0v) is 8.39. The third-order valence-electron chi connectivity index (χ3n) is 1.43.